The Morgan fingerprint density at radius 1 is 1.39 bits per heavy atom. The first-order chi connectivity index (χ1) is 8.77. The standard InChI is InChI=1S/C14H16FNO2/c1-3-16-14(10-7-8-18-9-10)11-5-4-6-12(17-2)13(11)15/h4-9,14,16H,3H2,1-2H3. The Hall–Kier alpha value is -1.81. The summed E-state index contributed by atoms with van der Waals surface area (Å²) < 4.78 is 24.3. The van der Waals surface area contributed by atoms with Crippen LogP contribution in [0.1, 0.15) is 24.1 Å². The van der Waals surface area contributed by atoms with Gasteiger partial charge < -0.3 is 14.5 Å². The minimum absolute atomic E-state index is 0.233. The number of hydrogen-bond acceptors (Lipinski definition) is 3. The molecule has 1 aromatic carbocycles. The van der Waals surface area contributed by atoms with Gasteiger partial charge in [-0.2, -0.15) is 0 Å². The highest BCUT2D eigenvalue weighted by Crippen LogP contribution is 2.29. The zero-order chi connectivity index (χ0) is 13.0. The van der Waals surface area contributed by atoms with Gasteiger partial charge in [0.1, 0.15) is 0 Å². The number of hydrogen-bond donors (Lipinski definition) is 1. The van der Waals surface area contributed by atoms with Crippen molar-refractivity contribution in [2.75, 3.05) is 13.7 Å². The van der Waals surface area contributed by atoms with Crippen LogP contribution in [0.15, 0.2) is 41.2 Å². The van der Waals surface area contributed by atoms with Gasteiger partial charge >= 0.3 is 0 Å². The fraction of sp³-hybridized carbons (Fsp3) is 0.286. The number of furan rings is 1. The zero-order valence-corrected chi connectivity index (χ0v) is 10.4. The Morgan fingerprint density at radius 3 is 2.83 bits per heavy atom. The Kier molecular flexibility index (Phi) is 3.99. The fourth-order valence-corrected chi connectivity index (χ4v) is 1.96. The highest BCUT2D eigenvalue weighted by molar-refractivity contribution is 5.37. The van der Waals surface area contributed by atoms with Gasteiger partial charge in [0.25, 0.3) is 0 Å². The lowest BCUT2D eigenvalue weighted by Crippen LogP contribution is -2.22. The van der Waals surface area contributed by atoms with E-state index in [1.165, 1.54) is 7.11 Å². The summed E-state index contributed by atoms with van der Waals surface area (Å²) in [5.74, 6) is -0.0916. The van der Waals surface area contributed by atoms with E-state index in [9.17, 15) is 4.39 Å². The maximum atomic E-state index is 14.2. The Bertz CT molecular complexity index is 497. The molecular weight excluding hydrogens is 233 g/mol. The van der Waals surface area contributed by atoms with E-state index in [0.29, 0.717) is 5.56 Å². The molecule has 1 N–H and O–H groups in total. The van der Waals surface area contributed by atoms with E-state index < -0.39 is 0 Å². The van der Waals surface area contributed by atoms with E-state index in [4.69, 9.17) is 9.15 Å². The van der Waals surface area contributed by atoms with Crippen molar-refractivity contribution in [3.8, 4) is 5.75 Å². The van der Waals surface area contributed by atoms with Gasteiger partial charge in [0.2, 0.25) is 0 Å². The monoisotopic (exact) mass is 249 g/mol. The lowest BCUT2D eigenvalue weighted by atomic mass is 10.0. The zero-order valence-electron chi connectivity index (χ0n) is 10.4. The van der Waals surface area contributed by atoms with Crippen LogP contribution in [0.3, 0.4) is 0 Å². The first-order valence-corrected chi connectivity index (χ1v) is 5.85. The molecule has 96 valence electrons. The molecule has 0 spiro atoms. The minimum Gasteiger partial charge on any atom is -0.494 e. The number of rotatable bonds is 5. The third kappa shape index (κ3) is 2.38. The highest BCUT2D eigenvalue weighted by atomic mass is 19.1. The number of methoxy groups -OCH3 is 1. The lowest BCUT2D eigenvalue weighted by molar-refractivity contribution is 0.381. The summed E-state index contributed by atoms with van der Waals surface area (Å²) in [6.45, 7) is 2.71. The van der Waals surface area contributed by atoms with Crippen molar-refractivity contribution in [2.45, 2.75) is 13.0 Å². The van der Waals surface area contributed by atoms with Gasteiger partial charge in [-0.1, -0.05) is 19.1 Å². The van der Waals surface area contributed by atoms with Crippen molar-refractivity contribution < 1.29 is 13.5 Å². The smallest absolute Gasteiger partial charge is 0.170 e. The van der Waals surface area contributed by atoms with Gasteiger partial charge in [-0.05, 0) is 18.7 Å². The number of nitrogens with one attached hydrogen (secondary N) is 1. The largest absolute Gasteiger partial charge is 0.494 e. The molecule has 3 nitrogen and oxygen atoms in total. The minimum atomic E-state index is -0.341. The van der Waals surface area contributed by atoms with Crippen LogP contribution in [0.5, 0.6) is 5.75 Å². The first kappa shape index (κ1) is 12.6. The van der Waals surface area contributed by atoms with Crippen LogP contribution >= 0.6 is 0 Å². The quantitative estimate of drug-likeness (QED) is 0.884. The van der Waals surface area contributed by atoms with Crippen LogP contribution < -0.4 is 10.1 Å². The summed E-state index contributed by atoms with van der Waals surface area (Å²) in [4.78, 5) is 0. The number of benzene rings is 1. The summed E-state index contributed by atoms with van der Waals surface area (Å²) in [6, 6.07) is 6.73. The molecule has 1 heterocycles. The van der Waals surface area contributed by atoms with Gasteiger partial charge in [0, 0.05) is 11.1 Å². The van der Waals surface area contributed by atoms with Crippen LogP contribution in [-0.2, 0) is 0 Å². The molecule has 0 fully saturated rings. The normalized spacial score (nSPS) is 12.4. The molecule has 0 amide bonds. The van der Waals surface area contributed by atoms with Gasteiger partial charge in [0.05, 0.1) is 25.7 Å². The molecule has 2 aromatic rings. The molecule has 0 saturated heterocycles. The summed E-state index contributed by atoms with van der Waals surface area (Å²) in [5.41, 5.74) is 1.45. The molecule has 0 radical (unpaired) electrons. The second-order valence-corrected chi connectivity index (χ2v) is 3.91. The molecular formula is C14H16FNO2. The number of ether oxygens (including phenoxy) is 1. The molecule has 2 rings (SSSR count). The molecule has 0 aliphatic heterocycles. The average Bonchev–Trinajstić information content (AvgIpc) is 2.90. The van der Waals surface area contributed by atoms with Crippen LogP contribution in [0.2, 0.25) is 0 Å². The third-order valence-electron chi connectivity index (χ3n) is 2.81. The van der Waals surface area contributed by atoms with E-state index >= 15 is 0 Å². The van der Waals surface area contributed by atoms with Gasteiger partial charge in [-0.3, -0.25) is 0 Å². The lowest BCUT2D eigenvalue weighted by Gasteiger charge is -2.18. The predicted molar refractivity (Wildman–Crippen MR) is 67.2 cm³/mol. The summed E-state index contributed by atoms with van der Waals surface area (Å²) >= 11 is 0. The molecule has 0 aliphatic rings. The Morgan fingerprint density at radius 2 is 2.22 bits per heavy atom. The summed E-state index contributed by atoms with van der Waals surface area (Å²) in [5, 5.41) is 3.24. The van der Waals surface area contributed by atoms with Crippen molar-refractivity contribution in [2.24, 2.45) is 0 Å². The SMILES string of the molecule is CCNC(c1ccoc1)c1cccc(OC)c1F. The van der Waals surface area contributed by atoms with Gasteiger partial charge in [0.15, 0.2) is 11.6 Å². The molecule has 0 saturated carbocycles. The van der Waals surface area contributed by atoms with E-state index in [-0.39, 0.29) is 17.6 Å². The van der Waals surface area contributed by atoms with Crippen molar-refractivity contribution in [3.05, 3.63) is 53.7 Å². The molecule has 0 bridgehead atoms. The molecule has 0 aliphatic carbocycles. The topological polar surface area (TPSA) is 34.4 Å². The molecule has 18 heavy (non-hydrogen) atoms. The maximum Gasteiger partial charge on any atom is 0.170 e. The van der Waals surface area contributed by atoms with Crippen molar-refractivity contribution in [1.82, 2.24) is 5.32 Å². The van der Waals surface area contributed by atoms with E-state index in [1.54, 1.807) is 30.7 Å². The van der Waals surface area contributed by atoms with Gasteiger partial charge in [-0.15, -0.1) is 0 Å². The highest BCUT2D eigenvalue weighted by Gasteiger charge is 2.20. The third-order valence-corrected chi connectivity index (χ3v) is 2.81. The Labute approximate surface area is 106 Å². The van der Waals surface area contributed by atoms with Gasteiger partial charge in [-0.25, -0.2) is 4.39 Å². The van der Waals surface area contributed by atoms with Crippen LogP contribution in [-0.4, -0.2) is 13.7 Å². The number of halogens is 1. The molecule has 1 atom stereocenters. The maximum absolute atomic E-state index is 14.2. The van der Waals surface area contributed by atoms with Crippen molar-refractivity contribution in [3.63, 3.8) is 0 Å². The van der Waals surface area contributed by atoms with Crippen molar-refractivity contribution in [1.29, 1.82) is 0 Å². The van der Waals surface area contributed by atoms with Crippen LogP contribution in [0.25, 0.3) is 0 Å². The summed E-state index contributed by atoms with van der Waals surface area (Å²) in [7, 11) is 1.46. The molecule has 1 aromatic heterocycles. The second kappa shape index (κ2) is 5.69. The van der Waals surface area contributed by atoms with E-state index in [0.717, 1.165) is 12.1 Å². The summed E-state index contributed by atoms with van der Waals surface area (Å²) in [6.07, 6.45) is 3.20. The second-order valence-electron chi connectivity index (χ2n) is 3.91. The van der Waals surface area contributed by atoms with E-state index in [1.807, 2.05) is 13.0 Å². The fourth-order valence-electron chi connectivity index (χ4n) is 1.96. The van der Waals surface area contributed by atoms with Crippen LogP contribution in [0.4, 0.5) is 4.39 Å². The average molecular weight is 249 g/mol. The Balaban J connectivity index is 2.43. The molecule has 4 heteroatoms. The van der Waals surface area contributed by atoms with Crippen molar-refractivity contribution >= 4 is 0 Å². The van der Waals surface area contributed by atoms with Crippen LogP contribution in [0, 0.1) is 5.82 Å². The molecule has 1 unspecified atom stereocenters. The van der Waals surface area contributed by atoms with E-state index in [2.05, 4.69) is 5.32 Å². The predicted octanol–water partition coefficient (Wildman–Crippen LogP) is 3.13. The first-order valence-electron chi connectivity index (χ1n) is 5.85.